The molecule has 0 aliphatic heterocycles. The van der Waals surface area contributed by atoms with Crippen molar-refractivity contribution in [3.63, 3.8) is 0 Å². The minimum Gasteiger partial charge on any atom is -0.469 e. The Bertz CT molecular complexity index is 607. The molecule has 0 saturated carbocycles. The van der Waals surface area contributed by atoms with Crippen LogP contribution in [0.25, 0.3) is 0 Å². The van der Waals surface area contributed by atoms with Crippen molar-refractivity contribution < 1.29 is 23.9 Å². The van der Waals surface area contributed by atoms with E-state index in [4.69, 9.17) is 4.74 Å². The zero-order chi connectivity index (χ0) is 16.9. The fourth-order valence-corrected chi connectivity index (χ4v) is 3.25. The molecule has 0 saturated heterocycles. The van der Waals surface area contributed by atoms with Gasteiger partial charge in [-0.2, -0.15) is 0 Å². The Kier molecular flexibility index (Phi) is 5.53. The summed E-state index contributed by atoms with van der Waals surface area (Å²) in [5.74, 6) is -0.715. The van der Waals surface area contributed by atoms with E-state index in [1.54, 1.807) is 0 Å². The largest absolute Gasteiger partial charge is 0.469 e. The van der Waals surface area contributed by atoms with Gasteiger partial charge in [0.25, 0.3) is 0 Å². The second kappa shape index (κ2) is 7.40. The lowest BCUT2D eigenvalue weighted by atomic mass is 9.66. The second-order valence-corrected chi connectivity index (χ2v) is 5.95. The van der Waals surface area contributed by atoms with Crippen molar-refractivity contribution in [2.24, 2.45) is 5.41 Å². The monoisotopic (exact) mass is 318 g/mol. The lowest BCUT2D eigenvalue weighted by Gasteiger charge is -2.36. The molecule has 5 nitrogen and oxygen atoms in total. The molecular formula is C18H22O5. The molecule has 0 N–H and O–H groups in total. The summed E-state index contributed by atoms with van der Waals surface area (Å²) in [5.41, 5.74) is 0.918. The van der Waals surface area contributed by atoms with Gasteiger partial charge in [-0.1, -0.05) is 24.3 Å². The summed E-state index contributed by atoms with van der Waals surface area (Å²) >= 11 is 0. The van der Waals surface area contributed by atoms with Crippen molar-refractivity contribution >= 4 is 17.7 Å². The van der Waals surface area contributed by atoms with Gasteiger partial charge in [-0.25, -0.2) is 0 Å². The predicted molar refractivity (Wildman–Crippen MR) is 84.0 cm³/mol. The highest BCUT2D eigenvalue weighted by Gasteiger charge is 2.43. The lowest BCUT2D eigenvalue weighted by Crippen LogP contribution is -2.38. The van der Waals surface area contributed by atoms with Crippen LogP contribution in [-0.4, -0.2) is 31.9 Å². The minimum absolute atomic E-state index is 0.0189. The van der Waals surface area contributed by atoms with E-state index in [0.717, 1.165) is 12.0 Å². The Morgan fingerprint density at radius 2 is 1.83 bits per heavy atom. The third-order valence-corrected chi connectivity index (χ3v) is 4.59. The molecule has 1 aromatic rings. The van der Waals surface area contributed by atoms with Crippen molar-refractivity contribution in [3.8, 4) is 0 Å². The van der Waals surface area contributed by atoms with Crippen molar-refractivity contribution in [2.45, 2.75) is 38.5 Å². The molecule has 0 radical (unpaired) electrons. The molecule has 0 fully saturated rings. The van der Waals surface area contributed by atoms with Gasteiger partial charge in [0.05, 0.1) is 20.6 Å². The van der Waals surface area contributed by atoms with Crippen LogP contribution in [0.5, 0.6) is 0 Å². The van der Waals surface area contributed by atoms with Crippen molar-refractivity contribution in [2.75, 3.05) is 14.2 Å². The topological polar surface area (TPSA) is 69.7 Å². The highest BCUT2D eigenvalue weighted by molar-refractivity contribution is 6.04. The van der Waals surface area contributed by atoms with E-state index in [2.05, 4.69) is 4.74 Å². The lowest BCUT2D eigenvalue weighted by molar-refractivity contribution is -0.143. The molecule has 23 heavy (non-hydrogen) atoms. The van der Waals surface area contributed by atoms with Crippen LogP contribution in [0.4, 0.5) is 0 Å². The number of carbonyl (C=O) groups is 3. The van der Waals surface area contributed by atoms with E-state index in [9.17, 15) is 14.4 Å². The molecule has 1 aromatic carbocycles. The first-order valence-corrected chi connectivity index (χ1v) is 7.79. The zero-order valence-corrected chi connectivity index (χ0v) is 13.6. The van der Waals surface area contributed by atoms with Gasteiger partial charge in [0, 0.05) is 17.4 Å². The first-order valence-electron chi connectivity index (χ1n) is 7.79. The SMILES string of the molecule is COC(=O)CCC[C@@]1(CC(=O)OC)CCc2ccccc2C1=O. The number of Topliss-reactive ketones (excluding diaryl/α,β-unsaturated/α-hetero) is 1. The zero-order valence-electron chi connectivity index (χ0n) is 13.6. The molecule has 1 aliphatic rings. The van der Waals surface area contributed by atoms with Gasteiger partial charge in [-0.15, -0.1) is 0 Å². The van der Waals surface area contributed by atoms with E-state index in [-0.39, 0.29) is 24.6 Å². The third-order valence-electron chi connectivity index (χ3n) is 4.59. The Hall–Kier alpha value is -2.17. The van der Waals surface area contributed by atoms with Gasteiger partial charge in [0.15, 0.2) is 5.78 Å². The first-order chi connectivity index (χ1) is 11.0. The maximum atomic E-state index is 13.0. The Labute approximate surface area is 136 Å². The number of ether oxygens (including phenoxy) is 2. The molecule has 124 valence electrons. The molecule has 2 rings (SSSR count). The highest BCUT2D eigenvalue weighted by atomic mass is 16.5. The number of hydrogen-bond donors (Lipinski definition) is 0. The molecule has 1 atom stereocenters. The van der Waals surface area contributed by atoms with Crippen LogP contribution in [-0.2, 0) is 25.5 Å². The first kappa shape index (κ1) is 17.2. The fraction of sp³-hybridized carbons (Fsp3) is 0.500. The van der Waals surface area contributed by atoms with Crippen molar-refractivity contribution in [1.29, 1.82) is 0 Å². The van der Waals surface area contributed by atoms with E-state index < -0.39 is 11.4 Å². The number of fused-ring (bicyclic) bond motifs is 1. The van der Waals surface area contributed by atoms with Gasteiger partial charge in [0.2, 0.25) is 0 Å². The molecule has 0 aromatic heterocycles. The Balaban J connectivity index is 2.22. The number of ketones is 1. The second-order valence-electron chi connectivity index (χ2n) is 5.95. The summed E-state index contributed by atoms with van der Waals surface area (Å²) in [6.07, 6.45) is 2.63. The normalized spacial score (nSPS) is 19.8. The number of hydrogen-bond acceptors (Lipinski definition) is 5. The molecule has 0 unspecified atom stereocenters. The predicted octanol–water partition coefficient (Wildman–Crippen LogP) is 2.71. The van der Waals surface area contributed by atoms with Gasteiger partial charge < -0.3 is 9.47 Å². The molecule has 0 heterocycles. The molecular weight excluding hydrogens is 296 g/mol. The summed E-state index contributed by atoms with van der Waals surface area (Å²) in [4.78, 5) is 36.2. The van der Waals surface area contributed by atoms with Gasteiger partial charge in [0.1, 0.15) is 0 Å². The average molecular weight is 318 g/mol. The quantitative estimate of drug-likeness (QED) is 0.754. The maximum Gasteiger partial charge on any atom is 0.306 e. The minimum atomic E-state index is -0.782. The summed E-state index contributed by atoms with van der Waals surface area (Å²) in [7, 11) is 2.67. The van der Waals surface area contributed by atoms with E-state index in [1.165, 1.54) is 14.2 Å². The fourth-order valence-electron chi connectivity index (χ4n) is 3.25. The Morgan fingerprint density at radius 1 is 1.13 bits per heavy atom. The van der Waals surface area contributed by atoms with E-state index >= 15 is 0 Å². The van der Waals surface area contributed by atoms with Gasteiger partial charge in [-0.3, -0.25) is 14.4 Å². The number of methoxy groups -OCH3 is 2. The number of benzene rings is 1. The number of esters is 2. The molecule has 0 amide bonds. The van der Waals surface area contributed by atoms with Crippen molar-refractivity contribution in [3.05, 3.63) is 35.4 Å². The maximum absolute atomic E-state index is 13.0. The van der Waals surface area contributed by atoms with Crippen LogP contribution in [0, 0.1) is 5.41 Å². The van der Waals surface area contributed by atoms with Crippen LogP contribution in [0.2, 0.25) is 0 Å². The smallest absolute Gasteiger partial charge is 0.306 e. The standard InChI is InChI=1S/C18H22O5/c1-22-15(19)8-5-10-18(12-16(20)23-2)11-9-13-6-3-4-7-14(13)17(18)21/h3-4,6-7H,5,8-12H2,1-2H3/t18-/m0/s1. The molecule has 0 bridgehead atoms. The van der Waals surface area contributed by atoms with Gasteiger partial charge >= 0.3 is 11.9 Å². The van der Waals surface area contributed by atoms with Crippen LogP contribution in [0.15, 0.2) is 24.3 Å². The number of carbonyl (C=O) groups excluding carboxylic acids is 3. The summed E-state index contributed by atoms with van der Waals surface area (Å²) in [6.45, 7) is 0. The highest BCUT2D eigenvalue weighted by Crippen LogP contribution is 2.42. The van der Waals surface area contributed by atoms with E-state index in [1.807, 2.05) is 24.3 Å². The number of aryl methyl sites for hydroxylation is 1. The van der Waals surface area contributed by atoms with Crippen LogP contribution < -0.4 is 0 Å². The molecule has 1 aliphatic carbocycles. The molecule has 5 heteroatoms. The average Bonchev–Trinajstić information content (AvgIpc) is 2.58. The van der Waals surface area contributed by atoms with Crippen molar-refractivity contribution in [1.82, 2.24) is 0 Å². The van der Waals surface area contributed by atoms with Gasteiger partial charge in [-0.05, 0) is 31.2 Å². The third kappa shape index (κ3) is 3.78. The number of rotatable bonds is 6. The summed E-state index contributed by atoms with van der Waals surface area (Å²) in [5, 5.41) is 0. The van der Waals surface area contributed by atoms with Crippen LogP contribution >= 0.6 is 0 Å². The van der Waals surface area contributed by atoms with E-state index in [0.29, 0.717) is 24.8 Å². The van der Waals surface area contributed by atoms with Crippen LogP contribution in [0.3, 0.4) is 0 Å². The molecule has 0 spiro atoms. The van der Waals surface area contributed by atoms with Crippen LogP contribution in [0.1, 0.15) is 48.0 Å². The Morgan fingerprint density at radius 3 is 2.52 bits per heavy atom. The summed E-state index contributed by atoms with van der Waals surface area (Å²) < 4.78 is 9.42. The summed E-state index contributed by atoms with van der Waals surface area (Å²) in [6, 6.07) is 7.50.